The lowest BCUT2D eigenvalue weighted by Crippen LogP contribution is -2.47. The average Bonchev–Trinajstić information content (AvgIpc) is 2.58. The van der Waals surface area contributed by atoms with E-state index in [4.69, 9.17) is 4.98 Å². The summed E-state index contributed by atoms with van der Waals surface area (Å²) >= 11 is 0. The Hall–Kier alpha value is -1.02. The van der Waals surface area contributed by atoms with Crippen molar-refractivity contribution in [3.8, 4) is 11.3 Å². The van der Waals surface area contributed by atoms with Gasteiger partial charge in [-0.3, -0.25) is 4.98 Å². The molecule has 1 heterocycles. The number of aryl methyl sites for hydroxylation is 1. The van der Waals surface area contributed by atoms with Crippen LogP contribution in [0.3, 0.4) is 0 Å². The van der Waals surface area contributed by atoms with Crippen LogP contribution in [-0.2, 0) is 10.4 Å². The molecular weight excluding hydrogens is 390 g/mol. The summed E-state index contributed by atoms with van der Waals surface area (Å²) in [4.78, 5) is 6.50. The summed E-state index contributed by atoms with van der Waals surface area (Å²) in [5.74, 6) is 0. The van der Waals surface area contributed by atoms with E-state index in [1.807, 2.05) is 0 Å². The van der Waals surface area contributed by atoms with E-state index in [0.29, 0.717) is 0 Å². The third kappa shape index (κ3) is 5.00. The fourth-order valence-electron chi connectivity index (χ4n) is 3.73. The first-order chi connectivity index (χ1) is 13.7. The Morgan fingerprint density at radius 1 is 0.742 bits per heavy atom. The third-order valence-corrected chi connectivity index (χ3v) is 9.85. The number of pyridine rings is 1. The van der Waals surface area contributed by atoms with Gasteiger partial charge in [0.1, 0.15) is 31.4 Å². The van der Waals surface area contributed by atoms with Gasteiger partial charge >= 0.3 is 0 Å². The van der Waals surface area contributed by atoms with Crippen LogP contribution in [0.25, 0.3) is 11.3 Å². The summed E-state index contributed by atoms with van der Waals surface area (Å²) in [6.07, 6.45) is 9.23. The van der Waals surface area contributed by atoms with Crippen molar-refractivity contribution < 1.29 is 0 Å². The number of hydrogen-bond donors (Lipinski definition) is 0. The highest BCUT2D eigenvalue weighted by molar-refractivity contribution is 8.32. The molecular formula is C25H43B4NS. The van der Waals surface area contributed by atoms with Crippen LogP contribution in [0.4, 0.5) is 0 Å². The fourth-order valence-corrected chi connectivity index (χ4v) is 4.74. The number of benzene rings is 1. The fraction of sp³-hybridized carbons (Fsp3) is 0.560. The maximum atomic E-state index is 5.04. The maximum absolute atomic E-state index is 5.04. The monoisotopic (exact) mass is 433 g/mol. The molecule has 0 aliphatic carbocycles. The highest BCUT2D eigenvalue weighted by Gasteiger charge is 2.42. The average molecular weight is 433 g/mol. The second-order valence-corrected chi connectivity index (χ2v) is 17.3. The van der Waals surface area contributed by atoms with Gasteiger partial charge in [-0.2, -0.15) is 0 Å². The molecule has 2 aromatic rings. The van der Waals surface area contributed by atoms with E-state index in [2.05, 4.69) is 129 Å². The Morgan fingerprint density at radius 2 is 1.23 bits per heavy atom. The summed E-state index contributed by atoms with van der Waals surface area (Å²) in [5.41, 5.74) is 6.71. The minimum atomic E-state index is -0.738. The van der Waals surface area contributed by atoms with Gasteiger partial charge in [-0.1, -0.05) is 63.6 Å². The minimum Gasteiger partial charge on any atom is -0.256 e. The first kappa shape index (κ1) is 26.2. The molecule has 0 atom stereocenters. The normalized spacial score (nSPS) is 14.5. The van der Waals surface area contributed by atoms with Gasteiger partial charge < -0.3 is 0 Å². The first-order valence-corrected chi connectivity index (χ1v) is 14.4. The van der Waals surface area contributed by atoms with E-state index in [1.54, 1.807) is 0 Å². The summed E-state index contributed by atoms with van der Waals surface area (Å²) in [5, 5.41) is 0.0107. The highest BCUT2D eigenvalue weighted by atomic mass is 32.3. The molecule has 166 valence electrons. The second kappa shape index (κ2) is 8.08. The predicted octanol–water partition coefficient (Wildman–Crippen LogP) is 3.04. The summed E-state index contributed by atoms with van der Waals surface area (Å²) in [6.45, 7) is 16.3. The van der Waals surface area contributed by atoms with Crippen LogP contribution < -0.4 is 0 Å². The van der Waals surface area contributed by atoms with E-state index in [1.165, 1.54) is 27.1 Å². The molecule has 0 bridgehead atoms. The SMILES string of the molecule is BC(B)(c1cnc(-c2ccc(S(C)(C)C)cc2C)cc1C(B)(B)C(C)(C)C)C(C)(C)C. The second-order valence-electron chi connectivity index (χ2n) is 13.2. The quantitative estimate of drug-likeness (QED) is 0.677. The Labute approximate surface area is 197 Å². The van der Waals surface area contributed by atoms with E-state index >= 15 is 0 Å². The van der Waals surface area contributed by atoms with E-state index in [9.17, 15) is 0 Å². The van der Waals surface area contributed by atoms with E-state index in [-0.39, 0.29) is 21.3 Å². The van der Waals surface area contributed by atoms with Crippen LogP contribution in [0.5, 0.6) is 0 Å². The van der Waals surface area contributed by atoms with Gasteiger partial charge in [-0.15, -0.1) is 0 Å². The van der Waals surface area contributed by atoms with Gasteiger partial charge in [0.2, 0.25) is 0 Å². The molecule has 0 saturated heterocycles. The highest BCUT2D eigenvalue weighted by Crippen LogP contribution is 2.47. The number of rotatable bonds is 4. The number of hydrogen-bond acceptors (Lipinski definition) is 1. The molecule has 31 heavy (non-hydrogen) atoms. The first-order valence-electron chi connectivity index (χ1n) is 11.5. The van der Waals surface area contributed by atoms with Gasteiger partial charge in [0.15, 0.2) is 0 Å². The largest absolute Gasteiger partial charge is 0.256 e. The molecule has 1 aromatic carbocycles. The van der Waals surface area contributed by atoms with Crippen molar-refractivity contribution in [2.45, 2.75) is 63.8 Å². The number of nitrogens with zero attached hydrogens (tertiary/aromatic N) is 1. The molecule has 0 amide bonds. The smallest absolute Gasteiger partial charge is 0.105 e. The molecule has 0 radical (unpaired) electrons. The van der Waals surface area contributed by atoms with Crippen LogP contribution in [0.1, 0.15) is 58.2 Å². The predicted molar refractivity (Wildman–Crippen MR) is 154 cm³/mol. The van der Waals surface area contributed by atoms with Crippen molar-refractivity contribution in [2.24, 2.45) is 10.8 Å². The van der Waals surface area contributed by atoms with Gasteiger partial charge in [0, 0.05) is 11.8 Å². The molecule has 2 rings (SSSR count). The van der Waals surface area contributed by atoms with Crippen LogP contribution in [0, 0.1) is 17.8 Å². The summed E-state index contributed by atoms with van der Waals surface area (Å²) in [7, 11) is 8.80. The molecule has 0 saturated carbocycles. The standard InChI is InChI=1S/C25H43B4NS/c1-16-13-17(31(8,9)10)11-12-18(16)21-14-19(24(26,27)22(2,3)4)20(15-30-21)25(28,29)23(5,6)7/h11-15H,26-29H2,1-10H3. The lowest BCUT2D eigenvalue weighted by atomic mass is 9.35. The van der Waals surface area contributed by atoms with Gasteiger partial charge in [-0.05, 0) is 70.7 Å². The lowest BCUT2D eigenvalue weighted by molar-refractivity contribution is 0.335. The minimum absolute atomic E-state index is 0.00484. The van der Waals surface area contributed by atoms with Crippen molar-refractivity contribution in [3.63, 3.8) is 0 Å². The van der Waals surface area contributed by atoms with Crippen molar-refractivity contribution in [1.29, 1.82) is 0 Å². The van der Waals surface area contributed by atoms with Crippen LogP contribution in [-0.4, -0.2) is 55.1 Å². The number of aromatic nitrogens is 1. The molecule has 0 aliphatic rings. The molecule has 0 aliphatic heterocycles. The molecule has 0 fully saturated rings. The maximum Gasteiger partial charge on any atom is 0.105 e. The zero-order valence-electron chi connectivity index (χ0n) is 22.7. The lowest BCUT2D eigenvalue weighted by Gasteiger charge is -2.47. The van der Waals surface area contributed by atoms with Gasteiger partial charge in [0.05, 0.1) is 5.69 Å². The molecule has 0 N–H and O–H groups in total. The zero-order chi connectivity index (χ0) is 24.2. The molecule has 1 nitrogen and oxygen atoms in total. The van der Waals surface area contributed by atoms with Crippen molar-refractivity contribution in [2.75, 3.05) is 18.8 Å². The Kier molecular flexibility index (Phi) is 6.84. The van der Waals surface area contributed by atoms with Crippen molar-refractivity contribution in [1.82, 2.24) is 4.98 Å². The van der Waals surface area contributed by atoms with E-state index in [0.717, 1.165) is 5.69 Å². The van der Waals surface area contributed by atoms with Gasteiger partial charge in [0.25, 0.3) is 0 Å². The van der Waals surface area contributed by atoms with Crippen LogP contribution in [0.15, 0.2) is 35.4 Å². The van der Waals surface area contributed by atoms with Crippen molar-refractivity contribution in [3.05, 3.63) is 47.2 Å². The molecule has 0 spiro atoms. The molecule has 6 heteroatoms. The Bertz CT molecular complexity index is 961. The molecule has 1 aromatic heterocycles. The van der Waals surface area contributed by atoms with E-state index < -0.39 is 10.0 Å². The summed E-state index contributed by atoms with van der Waals surface area (Å²) < 4.78 is 0. The zero-order valence-corrected chi connectivity index (χ0v) is 23.6. The molecule has 0 unspecified atom stereocenters. The van der Waals surface area contributed by atoms with Crippen LogP contribution >= 0.6 is 10.0 Å². The van der Waals surface area contributed by atoms with Gasteiger partial charge in [-0.25, -0.2) is 10.0 Å². The Morgan fingerprint density at radius 3 is 1.65 bits per heavy atom. The summed E-state index contributed by atoms with van der Waals surface area (Å²) in [6, 6.07) is 9.35. The van der Waals surface area contributed by atoms with Crippen molar-refractivity contribution >= 4 is 41.4 Å². The third-order valence-electron chi connectivity index (χ3n) is 8.18. The van der Waals surface area contributed by atoms with Crippen LogP contribution in [0.2, 0.25) is 0 Å². The topological polar surface area (TPSA) is 12.9 Å². The Balaban J connectivity index is 2.80.